The number of aryl methyl sites for hydroxylation is 2. The largest absolute Gasteiger partial charge is 0.490 e. The second kappa shape index (κ2) is 24.4. The van der Waals surface area contributed by atoms with Gasteiger partial charge in [-0.15, -0.1) is 6.58 Å². The van der Waals surface area contributed by atoms with Gasteiger partial charge in [-0.25, -0.2) is 33.0 Å². The number of carboxylic acids is 1. The Kier molecular flexibility index (Phi) is 17.5. The Hall–Kier alpha value is -5.42. The van der Waals surface area contributed by atoms with Gasteiger partial charge in [-0.3, -0.25) is 9.32 Å². The Morgan fingerprint density at radius 1 is 0.964 bits per heavy atom. The molecule has 0 saturated carbocycles. The zero-order valence-electron chi connectivity index (χ0n) is 45.9. The molecule has 8 heterocycles. The molecule has 0 radical (unpaired) electrons. The van der Waals surface area contributed by atoms with Gasteiger partial charge in [0.25, 0.3) is 5.91 Å². The Labute approximate surface area is 490 Å². The number of rotatable bonds is 21. The summed E-state index contributed by atoms with van der Waals surface area (Å²) in [7, 11) is -13.9. The third-order valence-corrected chi connectivity index (χ3v) is 22.1. The van der Waals surface area contributed by atoms with Crippen molar-refractivity contribution in [2.24, 2.45) is 0 Å². The van der Waals surface area contributed by atoms with Gasteiger partial charge in [0.05, 0.1) is 41.4 Å². The fraction of sp³-hybridized carbons (Fsp3) is 0.436. The summed E-state index contributed by atoms with van der Waals surface area (Å²) < 4.78 is 76.6. The topological polar surface area (TPSA) is 326 Å². The third kappa shape index (κ3) is 12.8. The highest BCUT2D eigenvalue weighted by Gasteiger charge is 2.44. The molecule has 3 aromatic carbocycles. The number of ether oxygens (including phenoxy) is 4. The predicted molar refractivity (Wildman–Crippen MR) is 313 cm³/mol. The van der Waals surface area contributed by atoms with Gasteiger partial charge in [-0.1, -0.05) is 45.6 Å². The second-order valence-corrected chi connectivity index (χ2v) is 29.0. The van der Waals surface area contributed by atoms with Crippen LogP contribution in [0.25, 0.3) is 16.6 Å². The first kappa shape index (κ1) is 60.3. The van der Waals surface area contributed by atoms with Crippen LogP contribution in [0.1, 0.15) is 112 Å². The standard InChI is InChI=1S/C55H62N7O17P3S2/c1-4-21-74-42-26-44(76-43(42)28-75-81(69,70)79-82(71,72)78-80(66,67)68)62-27-35(45-51(56)58-30-59-52(45)62)12-9-22-73-31-83-84-55(2,3)29-57-53(63)34-15-16-36(39(25-34)54(64)65)46-40-23-32-10-5-17-60-19-7-13-37(47(32)60)49(40)77-50-38-14-8-20-61-18-6-11-33(48(38)61)24-41(46)50/h4,15-16,23-25,27,30,42-44H,1,5-8,10-11,13-14,17-22,26,28-29,31H2,2-3H3,(H7-,56,57,58,59,63,64,65,66,67,68,69,70,71,72)/p+1/t42-,43-,44-/m1/s1. The molecule has 6 aliphatic heterocycles. The van der Waals surface area contributed by atoms with Crippen molar-refractivity contribution in [2.75, 3.05) is 69.1 Å². The van der Waals surface area contributed by atoms with Crippen LogP contribution < -0.4 is 35.8 Å². The van der Waals surface area contributed by atoms with Crippen LogP contribution in [0, 0.1) is 11.8 Å². The number of hydrogen-bond donors (Lipinski definition) is 7. The number of nitrogens with one attached hydrogen (secondary N) is 1. The highest BCUT2D eigenvalue weighted by atomic mass is 33.1. The van der Waals surface area contributed by atoms with Crippen molar-refractivity contribution >= 4 is 85.0 Å². The minimum absolute atomic E-state index is 0.0141. The minimum Gasteiger partial charge on any atom is -0.478 e. The maximum absolute atomic E-state index is 14.0. The molecule has 11 rings (SSSR count). The molecule has 84 heavy (non-hydrogen) atoms. The van der Waals surface area contributed by atoms with Gasteiger partial charge in [0, 0.05) is 88.6 Å². The van der Waals surface area contributed by atoms with E-state index in [1.165, 1.54) is 73.4 Å². The summed E-state index contributed by atoms with van der Waals surface area (Å²) in [6.07, 6.45) is 9.47. The molecule has 0 aliphatic carbocycles. The van der Waals surface area contributed by atoms with E-state index >= 15 is 0 Å². The zero-order valence-corrected chi connectivity index (χ0v) is 50.2. The Bertz CT molecular complexity index is 3860. The van der Waals surface area contributed by atoms with Crippen LogP contribution in [-0.4, -0.2) is 127 Å². The average molecular weight is 1250 g/mol. The van der Waals surface area contributed by atoms with Crippen LogP contribution in [0.3, 0.4) is 0 Å². The Morgan fingerprint density at radius 2 is 1.73 bits per heavy atom. The lowest BCUT2D eigenvalue weighted by Gasteiger charge is -2.39. The van der Waals surface area contributed by atoms with E-state index in [9.17, 15) is 38.2 Å². The summed E-state index contributed by atoms with van der Waals surface area (Å²) in [5.41, 5.74) is 15.9. The molecule has 24 nitrogen and oxygen atoms in total. The number of carbonyl (C=O) groups is 2. The molecule has 5 aromatic rings. The summed E-state index contributed by atoms with van der Waals surface area (Å²) in [6, 6.07) is 9.51. The van der Waals surface area contributed by atoms with Gasteiger partial charge in [0.1, 0.15) is 67.3 Å². The summed E-state index contributed by atoms with van der Waals surface area (Å²) in [5.74, 6) is 6.52. The molecule has 2 aromatic heterocycles. The second-order valence-electron chi connectivity index (χ2n) is 21.6. The van der Waals surface area contributed by atoms with Crippen LogP contribution in [0.2, 0.25) is 0 Å². The number of carbonyl (C=O) groups excluding carboxylic acids is 1. The maximum Gasteiger partial charge on any atom is 0.490 e. The number of fused-ring (bicyclic) bond motifs is 5. The van der Waals surface area contributed by atoms with Gasteiger partial charge in [0.2, 0.25) is 5.36 Å². The maximum atomic E-state index is 14.0. The number of nitrogens with zero attached hydrogens (tertiary/aromatic N) is 5. The van der Waals surface area contributed by atoms with Crippen LogP contribution in [0.15, 0.2) is 55.5 Å². The molecule has 1 fully saturated rings. The molecular formula is C55H63N7O17P3S2+. The van der Waals surface area contributed by atoms with E-state index in [1.54, 1.807) is 22.9 Å². The molecule has 2 unspecified atom stereocenters. The van der Waals surface area contributed by atoms with Gasteiger partial charge >= 0.3 is 29.4 Å². The van der Waals surface area contributed by atoms with Gasteiger partial charge in [0.15, 0.2) is 0 Å². The molecule has 1 amide bonds. The third-order valence-electron chi connectivity index (χ3n) is 15.3. The first-order chi connectivity index (χ1) is 40.1. The van der Waals surface area contributed by atoms with Crippen LogP contribution in [0.4, 0.5) is 11.5 Å². The van der Waals surface area contributed by atoms with E-state index in [1.807, 2.05) is 13.8 Å². The lowest BCUT2D eigenvalue weighted by atomic mass is 9.81. The van der Waals surface area contributed by atoms with E-state index in [2.05, 4.69) is 63.9 Å². The lowest BCUT2D eigenvalue weighted by molar-refractivity contribution is -0.0549. The number of benzene rings is 3. The number of nitrogen functional groups attached to an aromatic ring is 1. The van der Waals surface area contributed by atoms with Gasteiger partial charge in [-0.2, -0.15) is 8.62 Å². The molecule has 5 atom stereocenters. The monoisotopic (exact) mass is 1250 g/mol. The van der Waals surface area contributed by atoms with E-state index in [0.29, 0.717) is 22.2 Å². The Morgan fingerprint density at radius 3 is 2.50 bits per heavy atom. The predicted octanol–water partition coefficient (Wildman–Crippen LogP) is 6.26. The molecular weight excluding hydrogens is 1190 g/mol. The summed E-state index contributed by atoms with van der Waals surface area (Å²) in [6.45, 7) is 11.2. The van der Waals surface area contributed by atoms with Gasteiger partial charge < -0.3 is 64.1 Å². The normalized spacial score (nSPS) is 20.3. The molecule has 0 bridgehead atoms. The van der Waals surface area contributed by atoms with E-state index in [4.69, 9.17) is 39.0 Å². The van der Waals surface area contributed by atoms with Crippen molar-refractivity contribution in [3.8, 4) is 23.3 Å². The molecule has 6 aliphatic rings. The van der Waals surface area contributed by atoms with Crippen molar-refractivity contribution in [2.45, 2.75) is 94.8 Å². The SMILES string of the molecule is C=CCO[C@@H]1C[C@H](n2cc(C#CCOCSSC(C)(C)CNC(=O)c3ccc(C4=c5cc6c7c(c5Oc5c4cc4c8c5CCCN8CCC4)CCC[N+]=7CCC6)c(C(=O)O)c3)c3c(N)ncnc32)O[C@@H]1COP(=O)(O)OP(=O)(O)OP(=O)(O)O. The fourth-order valence-corrected chi connectivity index (χ4v) is 17.2. The number of phosphoric ester groups is 1. The van der Waals surface area contributed by atoms with Crippen molar-refractivity contribution in [1.82, 2.24) is 24.4 Å². The molecule has 446 valence electrons. The van der Waals surface area contributed by atoms with Crippen molar-refractivity contribution < 1.29 is 80.1 Å². The highest BCUT2D eigenvalue weighted by molar-refractivity contribution is 8.77. The first-order valence-electron chi connectivity index (χ1n) is 27.3. The summed E-state index contributed by atoms with van der Waals surface area (Å²) in [4.78, 5) is 75.8. The first-order valence-corrected chi connectivity index (χ1v) is 34.1. The highest BCUT2D eigenvalue weighted by Crippen LogP contribution is 2.66. The minimum atomic E-state index is -5.76. The number of phosphoric acid groups is 3. The molecule has 8 N–H and O–H groups in total. The zero-order chi connectivity index (χ0) is 59.3. The van der Waals surface area contributed by atoms with E-state index in [-0.39, 0.29) is 49.1 Å². The van der Waals surface area contributed by atoms with Gasteiger partial charge in [-0.05, 0) is 87.8 Å². The molecule has 1 saturated heterocycles. The number of anilines is 2. The number of hydrogen-bond acceptors (Lipinski definition) is 18. The van der Waals surface area contributed by atoms with Crippen LogP contribution >= 0.6 is 45.1 Å². The van der Waals surface area contributed by atoms with Crippen molar-refractivity contribution in [3.05, 3.63) is 116 Å². The van der Waals surface area contributed by atoms with E-state index < -0.39 is 65.1 Å². The van der Waals surface area contributed by atoms with Crippen LogP contribution in [0.5, 0.6) is 11.5 Å². The van der Waals surface area contributed by atoms with Crippen LogP contribution in [-0.2, 0) is 66.7 Å². The lowest BCUT2D eigenvalue weighted by Crippen LogP contribution is -2.45. The number of aromatic nitrogens is 3. The summed E-state index contributed by atoms with van der Waals surface area (Å²) >= 11 is 0. The smallest absolute Gasteiger partial charge is 0.478 e. The van der Waals surface area contributed by atoms with Crippen molar-refractivity contribution in [1.29, 1.82) is 0 Å². The average Bonchev–Trinajstić information content (AvgIpc) is 0.952. The number of nitrogens with two attached hydrogens (primary N) is 1. The van der Waals surface area contributed by atoms with E-state index in [0.717, 1.165) is 105 Å². The molecule has 0 spiro atoms. The number of amides is 1. The molecule has 29 heteroatoms. The van der Waals surface area contributed by atoms with Crippen molar-refractivity contribution in [3.63, 3.8) is 0 Å². The fourth-order valence-electron chi connectivity index (χ4n) is 12.0. The number of carboxylic acid groups (broad SMARTS) is 1. The summed E-state index contributed by atoms with van der Waals surface area (Å²) in [5, 5.41) is 16.6. The number of aromatic carboxylic acids is 1. The quantitative estimate of drug-likeness (QED) is 0.00794. The Balaban J connectivity index is 0.739.